The lowest BCUT2D eigenvalue weighted by molar-refractivity contribution is 0.282. The van der Waals surface area contributed by atoms with Gasteiger partial charge in [0.05, 0.1) is 24.0 Å². The third-order valence-electron chi connectivity index (χ3n) is 3.72. The molecular weight excluding hydrogens is 226 g/mol. The van der Waals surface area contributed by atoms with Crippen molar-refractivity contribution in [2.75, 3.05) is 13.1 Å². The van der Waals surface area contributed by atoms with Crippen LogP contribution in [0.4, 0.5) is 0 Å². The van der Waals surface area contributed by atoms with Crippen molar-refractivity contribution in [1.29, 1.82) is 0 Å². The first kappa shape index (κ1) is 11.7. The summed E-state index contributed by atoms with van der Waals surface area (Å²) in [7, 11) is 0. The largest absolute Gasteiger partial charge is 0.392 e. The average Bonchev–Trinajstić information content (AvgIpc) is 2.82. The van der Waals surface area contributed by atoms with Gasteiger partial charge in [-0.1, -0.05) is 6.07 Å². The van der Waals surface area contributed by atoms with Gasteiger partial charge in [0.15, 0.2) is 0 Å². The number of aromatic nitrogens is 2. The molecule has 2 aromatic rings. The first-order valence-electron chi connectivity index (χ1n) is 6.62. The molecule has 2 N–H and O–H groups in total. The monoisotopic (exact) mass is 245 g/mol. The maximum absolute atomic E-state index is 9.12. The number of fused-ring (bicyclic) bond motifs is 1. The second kappa shape index (κ2) is 5.08. The molecule has 1 aromatic heterocycles. The van der Waals surface area contributed by atoms with Crippen molar-refractivity contribution in [2.24, 2.45) is 5.92 Å². The van der Waals surface area contributed by atoms with Crippen LogP contribution in [0.3, 0.4) is 0 Å². The highest BCUT2D eigenvalue weighted by molar-refractivity contribution is 5.76. The molecule has 0 aliphatic carbocycles. The molecule has 1 atom stereocenters. The highest BCUT2D eigenvalue weighted by atomic mass is 16.3. The predicted octanol–water partition coefficient (Wildman–Crippen LogP) is 1.53. The molecule has 0 radical (unpaired) electrons. The van der Waals surface area contributed by atoms with Crippen molar-refractivity contribution >= 4 is 11.0 Å². The Hall–Kier alpha value is -1.39. The third-order valence-corrected chi connectivity index (χ3v) is 3.72. The Labute approximate surface area is 107 Å². The van der Waals surface area contributed by atoms with E-state index in [1.165, 1.54) is 12.8 Å². The highest BCUT2D eigenvalue weighted by Crippen LogP contribution is 2.19. The summed E-state index contributed by atoms with van der Waals surface area (Å²) in [6.45, 7) is 3.37. The predicted molar refractivity (Wildman–Crippen MR) is 71.2 cm³/mol. The van der Waals surface area contributed by atoms with Crippen LogP contribution >= 0.6 is 0 Å². The van der Waals surface area contributed by atoms with E-state index in [-0.39, 0.29) is 6.61 Å². The molecule has 18 heavy (non-hydrogen) atoms. The van der Waals surface area contributed by atoms with E-state index in [4.69, 9.17) is 5.11 Å². The lowest BCUT2D eigenvalue weighted by Crippen LogP contribution is -2.32. The van der Waals surface area contributed by atoms with Crippen LogP contribution in [0.2, 0.25) is 0 Å². The maximum atomic E-state index is 9.12. The van der Waals surface area contributed by atoms with Gasteiger partial charge in [0.25, 0.3) is 0 Å². The van der Waals surface area contributed by atoms with Gasteiger partial charge in [-0.2, -0.15) is 0 Å². The van der Waals surface area contributed by atoms with Crippen molar-refractivity contribution < 1.29 is 5.11 Å². The van der Waals surface area contributed by atoms with Crippen molar-refractivity contribution in [3.8, 4) is 0 Å². The molecule has 1 aromatic carbocycles. The number of hydrogen-bond donors (Lipinski definition) is 2. The van der Waals surface area contributed by atoms with Crippen LogP contribution in [-0.2, 0) is 13.2 Å². The topological polar surface area (TPSA) is 50.1 Å². The van der Waals surface area contributed by atoms with Crippen LogP contribution < -0.4 is 5.32 Å². The summed E-state index contributed by atoms with van der Waals surface area (Å²) in [6, 6.07) is 5.99. The number of aliphatic hydroxyl groups excluding tert-OH is 1. The number of imidazole rings is 1. The van der Waals surface area contributed by atoms with E-state index in [1.807, 2.05) is 18.5 Å². The van der Waals surface area contributed by atoms with Gasteiger partial charge < -0.3 is 15.0 Å². The summed E-state index contributed by atoms with van der Waals surface area (Å²) in [5.74, 6) is 0.702. The molecule has 1 aliphatic rings. The molecule has 1 aliphatic heterocycles. The first-order valence-corrected chi connectivity index (χ1v) is 6.62. The Morgan fingerprint density at radius 1 is 1.44 bits per heavy atom. The summed E-state index contributed by atoms with van der Waals surface area (Å²) in [5.41, 5.74) is 3.06. The number of nitrogens with one attached hydrogen (secondary N) is 1. The number of hydrogen-bond acceptors (Lipinski definition) is 3. The molecule has 2 heterocycles. The zero-order valence-electron chi connectivity index (χ0n) is 10.5. The van der Waals surface area contributed by atoms with Gasteiger partial charge in [-0.15, -0.1) is 0 Å². The van der Waals surface area contributed by atoms with Crippen molar-refractivity contribution in [2.45, 2.75) is 26.0 Å². The van der Waals surface area contributed by atoms with E-state index < -0.39 is 0 Å². The molecule has 0 spiro atoms. The maximum Gasteiger partial charge on any atom is 0.0958 e. The molecule has 0 amide bonds. The van der Waals surface area contributed by atoms with E-state index >= 15 is 0 Å². The Bertz CT molecular complexity index is 529. The summed E-state index contributed by atoms with van der Waals surface area (Å²) < 4.78 is 2.23. The van der Waals surface area contributed by atoms with E-state index in [0.717, 1.165) is 36.2 Å². The summed E-state index contributed by atoms with van der Waals surface area (Å²) in [4.78, 5) is 4.42. The van der Waals surface area contributed by atoms with Crippen LogP contribution in [-0.4, -0.2) is 27.7 Å². The minimum atomic E-state index is 0.0787. The molecule has 3 rings (SSSR count). The van der Waals surface area contributed by atoms with E-state index in [2.05, 4.69) is 20.9 Å². The van der Waals surface area contributed by atoms with Crippen LogP contribution in [0.25, 0.3) is 11.0 Å². The third kappa shape index (κ3) is 2.26. The Kier molecular flexibility index (Phi) is 3.30. The van der Waals surface area contributed by atoms with Crippen molar-refractivity contribution in [1.82, 2.24) is 14.9 Å². The summed E-state index contributed by atoms with van der Waals surface area (Å²) in [6.07, 6.45) is 4.48. The van der Waals surface area contributed by atoms with Gasteiger partial charge in [0.1, 0.15) is 0 Å². The van der Waals surface area contributed by atoms with E-state index in [9.17, 15) is 0 Å². The molecule has 1 fully saturated rings. The molecule has 4 nitrogen and oxygen atoms in total. The normalized spacial score (nSPS) is 20.4. The molecule has 96 valence electrons. The molecule has 0 saturated carbocycles. The fourth-order valence-corrected chi connectivity index (χ4v) is 2.71. The summed E-state index contributed by atoms with van der Waals surface area (Å²) >= 11 is 0. The summed E-state index contributed by atoms with van der Waals surface area (Å²) in [5, 5.41) is 12.6. The Morgan fingerprint density at radius 3 is 3.17 bits per heavy atom. The van der Waals surface area contributed by atoms with Crippen LogP contribution in [0, 0.1) is 5.92 Å². The Balaban J connectivity index is 1.83. The zero-order chi connectivity index (χ0) is 12.4. The number of nitrogens with zero attached hydrogens (tertiary/aromatic N) is 2. The lowest BCUT2D eigenvalue weighted by Gasteiger charge is -2.23. The van der Waals surface area contributed by atoms with Gasteiger partial charge in [0, 0.05) is 6.54 Å². The fourth-order valence-electron chi connectivity index (χ4n) is 2.71. The minimum absolute atomic E-state index is 0.0787. The SMILES string of the molecule is OCc1ccc2c(c1)ncn2CC1CCCNC1. The number of rotatable bonds is 3. The van der Waals surface area contributed by atoms with Crippen molar-refractivity contribution in [3.05, 3.63) is 30.1 Å². The van der Waals surface area contributed by atoms with Gasteiger partial charge in [-0.25, -0.2) is 4.98 Å². The second-order valence-electron chi connectivity index (χ2n) is 5.09. The highest BCUT2D eigenvalue weighted by Gasteiger charge is 2.14. The zero-order valence-corrected chi connectivity index (χ0v) is 10.5. The van der Waals surface area contributed by atoms with Crippen molar-refractivity contribution in [3.63, 3.8) is 0 Å². The number of piperidine rings is 1. The number of benzene rings is 1. The fraction of sp³-hybridized carbons (Fsp3) is 0.500. The van der Waals surface area contributed by atoms with E-state index in [1.54, 1.807) is 0 Å². The van der Waals surface area contributed by atoms with Gasteiger partial charge in [-0.05, 0) is 49.5 Å². The van der Waals surface area contributed by atoms with Gasteiger partial charge in [0.2, 0.25) is 0 Å². The molecular formula is C14H19N3O. The smallest absolute Gasteiger partial charge is 0.0958 e. The standard InChI is InChI=1S/C14H19N3O/c18-9-11-3-4-14-13(6-11)16-10-17(14)8-12-2-1-5-15-7-12/h3-4,6,10,12,15,18H,1-2,5,7-9H2. The van der Waals surface area contributed by atoms with Crippen LogP contribution in [0.1, 0.15) is 18.4 Å². The molecule has 1 saturated heterocycles. The van der Waals surface area contributed by atoms with Gasteiger partial charge >= 0.3 is 0 Å². The number of aliphatic hydroxyl groups is 1. The van der Waals surface area contributed by atoms with Crippen LogP contribution in [0.5, 0.6) is 0 Å². The lowest BCUT2D eigenvalue weighted by atomic mass is 10.00. The Morgan fingerprint density at radius 2 is 2.39 bits per heavy atom. The average molecular weight is 245 g/mol. The molecule has 1 unspecified atom stereocenters. The second-order valence-corrected chi connectivity index (χ2v) is 5.09. The molecule has 0 bridgehead atoms. The van der Waals surface area contributed by atoms with Gasteiger partial charge in [-0.3, -0.25) is 0 Å². The van der Waals surface area contributed by atoms with Crippen LogP contribution in [0.15, 0.2) is 24.5 Å². The first-order chi connectivity index (χ1) is 8.86. The van der Waals surface area contributed by atoms with E-state index in [0.29, 0.717) is 5.92 Å². The quantitative estimate of drug-likeness (QED) is 0.862. The minimum Gasteiger partial charge on any atom is -0.392 e. The molecule has 4 heteroatoms.